The van der Waals surface area contributed by atoms with E-state index in [1.807, 2.05) is 0 Å². The minimum atomic E-state index is -0.569. The van der Waals surface area contributed by atoms with Crippen LogP contribution in [0.3, 0.4) is 0 Å². The van der Waals surface area contributed by atoms with Gasteiger partial charge in [-0.3, -0.25) is 0 Å². The van der Waals surface area contributed by atoms with Crippen LogP contribution in [0.15, 0.2) is 0 Å². The second-order valence-corrected chi connectivity index (χ2v) is 2.59. The molecule has 11 heavy (non-hydrogen) atoms. The van der Waals surface area contributed by atoms with Gasteiger partial charge in [0.25, 0.3) is 0 Å². The van der Waals surface area contributed by atoms with E-state index in [9.17, 15) is 0 Å². The molecule has 0 aromatic rings. The highest BCUT2D eigenvalue weighted by Crippen LogP contribution is 1.96. The summed E-state index contributed by atoms with van der Waals surface area (Å²) < 4.78 is 5.18. The maximum atomic E-state index is 8.91. The van der Waals surface area contributed by atoms with Crippen molar-refractivity contribution in [2.24, 2.45) is 0 Å². The van der Waals surface area contributed by atoms with Crippen molar-refractivity contribution in [1.29, 1.82) is 0 Å². The minimum absolute atomic E-state index is 0.145. The number of hydrogen-bond donors (Lipinski definition) is 2. The van der Waals surface area contributed by atoms with Crippen LogP contribution in [0.5, 0.6) is 0 Å². The van der Waals surface area contributed by atoms with Gasteiger partial charge in [0, 0.05) is 13.2 Å². The van der Waals surface area contributed by atoms with Crippen LogP contribution in [0.1, 0.15) is 26.2 Å². The molecule has 68 valence electrons. The van der Waals surface area contributed by atoms with Gasteiger partial charge in [-0.15, -0.1) is 0 Å². The zero-order valence-corrected chi connectivity index (χ0v) is 7.12. The third-order valence-corrected chi connectivity index (χ3v) is 1.39. The van der Waals surface area contributed by atoms with Crippen molar-refractivity contribution in [3.8, 4) is 0 Å². The van der Waals surface area contributed by atoms with Crippen LogP contribution in [-0.2, 0) is 4.74 Å². The van der Waals surface area contributed by atoms with Crippen LogP contribution in [0.2, 0.25) is 0 Å². The molecule has 0 aliphatic carbocycles. The molecule has 0 heterocycles. The van der Waals surface area contributed by atoms with Crippen LogP contribution in [-0.4, -0.2) is 36.1 Å². The van der Waals surface area contributed by atoms with Crippen molar-refractivity contribution >= 4 is 0 Å². The van der Waals surface area contributed by atoms with E-state index < -0.39 is 6.10 Å². The summed E-state index contributed by atoms with van der Waals surface area (Å²) in [6.45, 7) is 3.39. The lowest BCUT2D eigenvalue weighted by molar-refractivity contribution is 0.0703. The van der Waals surface area contributed by atoms with E-state index in [1.54, 1.807) is 0 Å². The van der Waals surface area contributed by atoms with E-state index in [0.717, 1.165) is 19.4 Å². The Balaban J connectivity index is 2.89. The normalized spacial score (nSPS) is 13.4. The van der Waals surface area contributed by atoms with Gasteiger partial charge in [-0.05, 0) is 19.3 Å². The van der Waals surface area contributed by atoms with Crippen molar-refractivity contribution in [2.75, 3.05) is 19.8 Å². The molecule has 0 aliphatic rings. The average molecular weight is 162 g/mol. The van der Waals surface area contributed by atoms with Gasteiger partial charge in [-0.25, -0.2) is 0 Å². The van der Waals surface area contributed by atoms with Gasteiger partial charge in [-0.2, -0.15) is 0 Å². The Morgan fingerprint density at radius 1 is 1.36 bits per heavy atom. The Kier molecular flexibility index (Phi) is 7.89. The van der Waals surface area contributed by atoms with Crippen LogP contribution in [0, 0.1) is 0 Å². The molecule has 0 aromatic heterocycles. The van der Waals surface area contributed by atoms with Gasteiger partial charge in [0.05, 0.1) is 12.7 Å². The van der Waals surface area contributed by atoms with Crippen LogP contribution < -0.4 is 0 Å². The summed E-state index contributed by atoms with van der Waals surface area (Å²) in [4.78, 5) is 0. The molecule has 2 N–H and O–H groups in total. The third kappa shape index (κ3) is 7.78. The van der Waals surface area contributed by atoms with Crippen molar-refractivity contribution in [3.63, 3.8) is 0 Å². The molecular formula is C8H18O3. The molecule has 0 radical (unpaired) electrons. The molecular weight excluding hydrogens is 144 g/mol. The Labute approximate surface area is 68.0 Å². The Morgan fingerprint density at radius 2 is 2.09 bits per heavy atom. The molecule has 0 amide bonds. The first-order valence-corrected chi connectivity index (χ1v) is 4.18. The standard InChI is InChI=1S/C8H18O3/c1-2-5-11-6-3-4-8(10)7-9/h8-10H,2-7H2,1H3. The maximum absolute atomic E-state index is 8.91. The van der Waals surface area contributed by atoms with Crippen LogP contribution >= 0.6 is 0 Å². The third-order valence-electron chi connectivity index (χ3n) is 1.39. The predicted molar refractivity (Wildman–Crippen MR) is 43.4 cm³/mol. The summed E-state index contributed by atoms with van der Waals surface area (Å²) in [5, 5.41) is 17.4. The van der Waals surface area contributed by atoms with E-state index in [2.05, 4.69) is 6.92 Å². The monoisotopic (exact) mass is 162 g/mol. The number of rotatable bonds is 7. The lowest BCUT2D eigenvalue weighted by Crippen LogP contribution is -2.12. The van der Waals surface area contributed by atoms with Gasteiger partial charge in [0.1, 0.15) is 0 Å². The molecule has 1 unspecified atom stereocenters. The number of hydrogen-bond acceptors (Lipinski definition) is 3. The molecule has 3 heteroatoms. The highest BCUT2D eigenvalue weighted by atomic mass is 16.5. The zero-order valence-electron chi connectivity index (χ0n) is 7.12. The van der Waals surface area contributed by atoms with Crippen LogP contribution in [0.25, 0.3) is 0 Å². The largest absolute Gasteiger partial charge is 0.394 e. The quantitative estimate of drug-likeness (QED) is 0.537. The fourth-order valence-electron chi connectivity index (χ4n) is 0.759. The molecule has 1 atom stereocenters. The fraction of sp³-hybridized carbons (Fsp3) is 1.00. The van der Waals surface area contributed by atoms with E-state index in [-0.39, 0.29) is 6.61 Å². The van der Waals surface area contributed by atoms with Gasteiger partial charge < -0.3 is 14.9 Å². The Hall–Kier alpha value is -0.120. The first-order chi connectivity index (χ1) is 5.31. The molecule has 0 rings (SSSR count). The second-order valence-electron chi connectivity index (χ2n) is 2.59. The molecule has 0 aromatic carbocycles. The van der Waals surface area contributed by atoms with E-state index in [4.69, 9.17) is 14.9 Å². The van der Waals surface area contributed by atoms with Crippen molar-refractivity contribution in [1.82, 2.24) is 0 Å². The van der Waals surface area contributed by atoms with Gasteiger partial charge in [-0.1, -0.05) is 6.92 Å². The molecule has 3 nitrogen and oxygen atoms in total. The molecule has 0 spiro atoms. The van der Waals surface area contributed by atoms with Crippen molar-refractivity contribution in [2.45, 2.75) is 32.3 Å². The lowest BCUT2D eigenvalue weighted by Gasteiger charge is -2.06. The lowest BCUT2D eigenvalue weighted by atomic mass is 10.2. The molecule has 0 fully saturated rings. The number of aliphatic hydroxyl groups excluding tert-OH is 2. The maximum Gasteiger partial charge on any atom is 0.0771 e. The van der Waals surface area contributed by atoms with E-state index in [1.165, 1.54) is 0 Å². The first-order valence-electron chi connectivity index (χ1n) is 4.18. The Bertz CT molecular complexity index is 75.7. The van der Waals surface area contributed by atoms with Gasteiger partial charge in [0.2, 0.25) is 0 Å². The second kappa shape index (κ2) is 7.98. The number of aliphatic hydroxyl groups is 2. The summed E-state index contributed by atoms with van der Waals surface area (Å²) in [5.41, 5.74) is 0. The smallest absolute Gasteiger partial charge is 0.0771 e. The molecule has 0 bridgehead atoms. The highest BCUT2D eigenvalue weighted by molar-refractivity contribution is 4.51. The predicted octanol–water partition coefficient (Wildman–Crippen LogP) is 0.546. The highest BCUT2D eigenvalue weighted by Gasteiger charge is 1.99. The zero-order chi connectivity index (χ0) is 8.53. The number of ether oxygens (including phenoxy) is 1. The minimum Gasteiger partial charge on any atom is -0.394 e. The van der Waals surface area contributed by atoms with Gasteiger partial charge in [0.15, 0.2) is 0 Å². The summed E-state index contributed by atoms with van der Waals surface area (Å²) in [6, 6.07) is 0. The topological polar surface area (TPSA) is 49.7 Å². The molecule has 0 saturated heterocycles. The van der Waals surface area contributed by atoms with E-state index in [0.29, 0.717) is 13.0 Å². The summed E-state index contributed by atoms with van der Waals surface area (Å²) in [6.07, 6.45) is 1.91. The Morgan fingerprint density at radius 3 is 2.64 bits per heavy atom. The van der Waals surface area contributed by atoms with Crippen molar-refractivity contribution in [3.05, 3.63) is 0 Å². The van der Waals surface area contributed by atoms with Crippen molar-refractivity contribution < 1.29 is 14.9 Å². The summed E-state index contributed by atoms with van der Waals surface area (Å²) in [5.74, 6) is 0. The SMILES string of the molecule is CCCOCCCC(O)CO. The average Bonchev–Trinajstić information content (AvgIpc) is 2.04. The summed E-state index contributed by atoms with van der Waals surface area (Å²) in [7, 11) is 0. The first kappa shape index (κ1) is 10.9. The van der Waals surface area contributed by atoms with Crippen LogP contribution in [0.4, 0.5) is 0 Å². The van der Waals surface area contributed by atoms with E-state index >= 15 is 0 Å². The summed E-state index contributed by atoms with van der Waals surface area (Å²) >= 11 is 0. The fourth-order valence-corrected chi connectivity index (χ4v) is 0.759. The van der Waals surface area contributed by atoms with Gasteiger partial charge >= 0.3 is 0 Å². The molecule has 0 saturated carbocycles. The molecule has 0 aliphatic heterocycles.